The molecule has 0 saturated carbocycles. The van der Waals surface area contributed by atoms with E-state index in [4.69, 9.17) is 0 Å². The fourth-order valence-electron chi connectivity index (χ4n) is 6.35. The van der Waals surface area contributed by atoms with Gasteiger partial charge in [-0.2, -0.15) is 0 Å². The first-order valence-corrected chi connectivity index (χ1v) is 10.6. The van der Waals surface area contributed by atoms with Crippen LogP contribution in [0, 0.1) is 5.41 Å². The summed E-state index contributed by atoms with van der Waals surface area (Å²) in [5, 5.41) is 0. The highest BCUT2D eigenvalue weighted by Gasteiger charge is 2.57. The SMILES string of the molecule is CCC1c2ccccc2N2c3ccccc3N3c4ccc(cc4)CC1(CC)C32. The predicted molar refractivity (Wildman–Crippen MR) is 117 cm³/mol. The van der Waals surface area contributed by atoms with Crippen molar-refractivity contribution >= 4 is 22.7 Å². The first-order valence-electron chi connectivity index (χ1n) is 10.6. The third-order valence-electron chi connectivity index (χ3n) is 7.48. The van der Waals surface area contributed by atoms with Gasteiger partial charge in [0.15, 0.2) is 0 Å². The van der Waals surface area contributed by atoms with E-state index in [1.54, 1.807) is 0 Å². The molecule has 28 heavy (non-hydrogen) atoms. The lowest BCUT2D eigenvalue weighted by molar-refractivity contribution is 0.149. The fraction of sp³-hybridized carbons (Fsp3) is 0.308. The van der Waals surface area contributed by atoms with Crippen LogP contribution >= 0.6 is 0 Å². The average molecular weight is 367 g/mol. The largest absolute Gasteiger partial charge is 0.318 e. The first kappa shape index (κ1) is 16.2. The molecule has 0 aliphatic carbocycles. The van der Waals surface area contributed by atoms with Gasteiger partial charge in [-0.25, -0.2) is 0 Å². The maximum absolute atomic E-state index is 2.65. The van der Waals surface area contributed by atoms with E-state index in [-0.39, 0.29) is 5.41 Å². The highest BCUT2D eigenvalue weighted by molar-refractivity contribution is 5.90. The van der Waals surface area contributed by atoms with Crippen molar-refractivity contribution < 1.29 is 0 Å². The Labute approximate surface area is 167 Å². The molecule has 3 unspecified atom stereocenters. The van der Waals surface area contributed by atoms with Crippen LogP contribution in [0.1, 0.15) is 43.7 Å². The molecule has 2 nitrogen and oxygen atoms in total. The summed E-state index contributed by atoms with van der Waals surface area (Å²) in [5.41, 5.74) is 8.57. The summed E-state index contributed by atoms with van der Waals surface area (Å²) in [6.07, 6.45) is 3.80. The van der Waals surface area contributed by atoms with Crippen molar-refractivity contribution in [1.29, 1.82) is 0 Å². The Balaban J connectivity index is 1.74. The number of fused-ring (bicyclic) bond motifs is 6. The van der Waals surface area contributed by atoms with E-state index >= 15 is 0 Å². The lowest BCUT2D eigenvalue weighted by Crippen LogP contribution is -2.58. The topological polar surface area (TPSA) is 6.48 Å². The Morgan fingerprint density at radius 3 is 2.11 bits per heavy atom. The third kappa shape index (κ3) is 1.83. The maximum Gasteiger partial charge on any atom is 0.118 e. The van der Waals surface area contributed by atoms with Crippen LogP contribution in [-0.4, -0.2) is 6.17 Å². The predicted octanol–water partition coefficient (Wildman–Crippen LogP) is 6.76. The van der Waals surface area contributed by atoms with Crippen LogP contribution in [-0.2, 0) is 6.42 Å². The molecule has 0 N–H and O–H groups in total. The van der Waals surface area contributed by atoms with Crippen LogP contribution in [0.5, 0.6) is 0 Å². The Bertz CT molecular complexity index is 1050. The van der Waals surface area contributed by atoms with E-state index in [0.717, 1.165) is 6.42 Å². The zero-order valence-electron chi connectivity index (χ0n) is 16.6. The van der Waals surface area contributed by atoms with Crippen LogP contribution in [0.15, 0.2) is 72.8 Å². The van der Waals surface area contributed by atoms with Gasteiger partial charge < -0.3 is 9.80 Å². The molecule has 4 heterocycles. The molecule has 140 valence electrons. The molecule has 3 aromatic carbocycles. The smallest absolute Gasteiger partial charge is 0.118 e. The molecule has 0 amide bonds. The molecule has 0 aromatic heterocycles. The molecule has 4 aliphatic rings. The summed E-state index contributed by atoms with van der Waals surface area (Å²) in [4.78, 5) is 5.27. The minimum Gasteiger partial charge on any atom is -0.318 e. The molecular formula is C26H26N2. The molecule has 2 bridgehead atoms. The van der Waals surface area contributed by atoms with Gasteiger partial charge in [0.25, 0.3) is 0 Å². The summed E-state index contributed by atoms with van der Waals surface area (Å²) in [6.45, 7) is 4.78. The highest BCUT2D eigenvalue weighted by atomic mass is 15.4. The minimum atomic E-state index is 0.179. The van der Waals surface area contributed by atoms with Gasteiger partial charge in [0, 0.05) is 16.8 Å². The van der Waals surface area contributed by atoms with Gasteiger partial charge in [-0.05, 0) is 66.6 Å². The van der Waals surface area contributed by atoms with Gasteiger partial charge in [-0.3, -0.25) is 0 Å². The number of hydrogen-bond donors (Lipinski definition) is 0. The number of hydrogen-bond acceptors (Lipinski definition) is 2. The minimum absolute atomic E-state index is 0.179. The van der Waals surface area contributed by atoms with Crippen LogP contribution < -0.4 is 9.80 Å². The van der Waals surface area contributed by atoms with Crippen molar-refractivity contribution in [2.24, 2.45) is 5.41 Å². The summed E-state index contributed by atoms with van der Waals surface area (Å²) in [7, 11) is 0. The van der Waals surface area contributed by atoms with Crippen molar-refractivity contribution in [2.75, 3.05) is 9.80 Å². The number of para-hydroxylation sites is 3. The van der Waals surface area contributed by atoms with E-state index in [0.29, 0.717) is 12.1 Å². The fourth-order valence-corrected chi connectivity index (χ4v) is 6.35. The monoisotopic (exact) mass is 366 g/mol. The van der Waals surface area contributed by atoms with E-state index in [1.807, 2.05) is 0 Å². The molecular weight excluding hydrogens is 340 g/mol. The maximum atomic E-state index is 2.65. The van der Waals surface area contributed by atoms with E-state index in [1.165, 1.54) is 46.7 Å². The van der Waals surface area contributed by atoms with Gasteiger partial charge in [0.1, 0.15) is 6.17 Å². The van der Waals surface area contributed by atoms with Crippen molar-refractivity contribution in [3.8, 4) is 0 Å². The Morgan fingerprint density at radius 2 is 1.43 bits per heavy atom. The summed E-state index contributed by atoms with van der Waals surface area (Å²) >= 11 is 0. The number of benzene rings is 3. The summed E-state index contributed by atoms with van der Waals surface area (Å²) in [6, 6.07) is 27.4. The standard InChI is InChI=1S/C26H26N2/c1-3-21-20-9-5-6-10-22(20)28-24-12-8-7-11-23(24)27-19-15-13-18(14-16-19)17-26(21,4-2)25(27)28/h5-16,21,25H,3-4,17H2,1-2H3. The van der Waals surface area contributed by atoms with Gasteiger partial charge >= 0.3 is 0 Å². The zero-order valence-corrected chi connectivity index (χ0v) is 16.6. The third-order valence-corrected chi connectivity index (χ3v) is 7.48. The summed E-state index contributed by atoms with van der Waals surface area (Å²) < 4.78 is 0. The van der Waals surface area contributed by atoms with Gasteiger partial charge in [0.2, 0.25) is 0 Å². The molecule has 3 atom stereocenters. The second-order valence-electron chi connectivity index (χ2n) is 8.55. The quantitative estimate of drug-likeness (QED) is 0.494. The molecule has 2 heteroatoms. The van der Waals surface area contributed by atoms with Crippen LogP contribution in [0.3, 0.4) is 0 Å². The van der Waals surface area contributed by atoms with E-state index < -0.39 is 0 Å². The highest BCUT2D eigenvalue weighted by Crippen LogP contribution is 2.63. The number of anilines is 4. The molecule has 0 radical (unpaired) electrons. The number of rotatable bonds is 2. The normalized spacial score (nSPS) is 26.4. The molecule has 0 saturated heterocycles. The van der Waals surface area contributed by atoms with Crippen LogP contribution in [0.2, 0.25) is 0 Å². The molecule has 0 fully saturated rings. The lowest BCUT2D eigenvalue weighted by atomic mass is 9.60. The van der Waals surface area contributed by atoms with Crippen molar-refractivity contribution in [2.45, 2.75) is 45.2 Å². The number of nitrogens with zero attached hydrogens (tertiary/aromatic N) is 2. The Morgan fingerprint density at radius 1 is 0.786 bits per heavy atom. The van der Waals surface area contributed by atoms with Gasteiger partial charge in [0.05, 0.1) is 11.4 Å². The van der Waals surface area contributed by atoms with Gasteiger partial charge in [-0.15, -0.1) is 0 Å². The van der Waals surface area contributed by atoms with Crippen molar-refractivity contribution in [1.82, 2.24) is 0 Å². The second kappa shape index (κ2) is 5.64. The second-order valence-corrected chi connectivity index (χ2v) is 8.55. The molecule has 3 aromatic rings. The van der Waals surface area contributed by atoms with E-state index in [9.17, 15) is 0 Å². The average Bonchev–Trinajstić information content (AvgIpc) is 3.08. The lowest BCUT2D eigenvalue weighted by Gasteiger charge is -2.56. The molecule has 0 spiro atoms. The molecule has 4 aliphatic heterocycles. The van der Waals surface area contributed by atoms with Crippen molar-refractivity contribution in [3.05, 3.63) is 83.9 Å². The van der Waals surface area contributed by atoms with Crippen molar-refractivity contribution in [3.63, 3.8) is 0 Å². The first-order chi connectivity index (χ1) is 13.8. The summed E-state index contributed by atoms with van der Waals surface area (Å²) in [5.74, 6) is 0.556. The Kier molecular flexibility index (Phi) is 3.27. The Hall–Kier alpha value is -2.74. The molecule has 7 rings (SSSR count). The van der Waals surface area contributed by atoms with Gasteiger partial charge in [-0.1, -0.05) is 56.3 Å². The van der Waals surface area contributed by atoms with Crippen LogP contribution in [0.25, 0.3) is 0 Å². The zero-order chi connectivity index (χ0) is 18.9. The van der Waals surface area contributed by atoms with E-state index in [2.05, 4.69) is 96.4 Å². The van der Waals surface area contributed by atoms with Crippen LogP contribution in [0.4, 0.5) is 22.7 Å².